The molecule has 0 spiro atoms. The van der Waals surface area contributed by atoms with Crippen molar-refractivity contribution in [2.24, 2.45) is 0 Å². The standard InChI is InChI=1S/C18H18N2O2/c1-2-21-13-7-5-6-12(10-13)14-11-16(14)20-18-19-15-8-3-4-9-17(15)22-18/h3-10,14,16H,2,11H2,1H3,(H,19,20)/t14-,16-/m1/s1. The monoisotopic (exact) mass is 294 g/mol. The minimum atomic E-state index is 0.380. The number of benzene rings is 2. The van der Waals surface area contributed by atoms with Gasteiger partial charge in [-0.3, -0.25) is 0 Å². The number of anilines is 1. The molecule has 1 N–H and O–H groups in total. The largest absolute Gasteiger partial charge is 0.494 e. The highest BCUT2D eigenvalue weighted by Gasteiger charge is 2.39. The van der Waals surface area contributed by atoms with Crippen molar-refractivity contribution < 1.29 is 9.15 Å². The summed E-state index contributed by atoms with van der Waals surface area (Å²) >= 11 is 0. The summed E-state index contributed by atoms with van der Waals surface area (Å²) in [6.07, 6.45) is 1.09. The zero-order valence-electron chi connectivity index (χ0n) is 12.5. The first-order valence-corrected chi connectivity index (χ1v) is 7.68. The van der Waals surface area contributed by atoms with Crippen LogP contribution in [-0.2, 0) is 0 Å². The first kappa shape index (κ1) is 13.2. The maximum atomic E-state index is 5.72. The SMILES string of the molecule is CCOc1cccc([C@H]2C[C@H]2Nc2nc3ccccc3o2)c1. The van der Waals surface area contributed by atoms with Crippen LogP contribution >= 0.6 is 0 Å². The highest BCUT2D eigenvalue weighted by Crippen LogP contribution is 2.43. The fraction of sp³-hybridized carbons (Fsp3) is 0.278. The molecule has 2 aromatic carbocycles. The average molecular weight is 294 g/mol. The molecule has 0 aliphatic heterocycles. The van der Waals surface area contributed by atoms with Gasteiger partial charge < -0.3 is 14.5 Å². The van der Waals surface area contributed by atoms with Crippen molar-refractivity contribution in [1.29, 1.82) is 0 Å². The molecule has 22 heavy (non-hydrogen) atoms. The summed E-state index contributed by atoms with van der Waals surface area (Å²) in [4.78, 5) is 4.47. The van der Waals surface area contributed by atoms with Gasteiger partial charge in [0.25, 0.3) is 6.01 Å². The van der Waals surface area contributed by atoms with Crippen LogP contribution in [0.3, 0.4) is 0 Å². The van der Waals surface area contributed by atoms with Crippen LogP contribution in [-0.4, -0.2) is 17.6 Å². The molecule has 0 unspecified atom stereocenters. The summed E-state index contributed by atoms with van der Waals surface area (Å²) in [5.41, 5.74) is 3.01. The molecule has 1 aliphatic carbocycles. The predicted molar refractivity (Wildman–Crippen MR) is 86.4 cm³/mol. The number of rotatable bonds is 5. The molecule has 0 amide bonds. The lowest BCUT2D eigenvalue weighted by Crippen LogP contribution is -2.04. The second-order valence-corrected chi connectivity index (χ2v) is 5.59. The molecule has 4 rings (SSSR count). The Morgan fingerprint density at radius 3 is 3.00 bits per heavy atom. The Bertz CT molecular complexity index is 763. The van der Waals surface area contributed by atoms with Crippen LogP contribution < -0.4 is 10.1 Å². The maximum absolute atomic E-state index is 5.72. The lowest BCUT2D eigenvalue weighted by molar-refractivity contribution is 0.340. The van der Waals surface area contributed by atoms with Gasteiger partial charge in [-0.25, -0.2) is 0 Å². The Kier molecular flexibility index (Phi) is 3.22. The molecular formula is C18H18N2O2. The van der Waals surface area contributed by atoms with E-state index in [1.54, 1.807) is 0 Å². The zero-order chi connectivity index (χ0) is 14.9. The van der Waals surface area contributed by atoms with Crippen LogP contribution in [0.15, 0.2) is 52.9 Å². The van der Waals surface area contributed by atoms with Gasteiger partial charge in [0.15, 0.2) is 5.58 Å². The van der Waals surface area contributed by atoms with E-state index in [0.717, 1.165) is 23.3 Å². The smallest absolute Gasteiger partial charge is 0.295 e. The number of hydrogen-bond donors (Lipinski definition) is 1. The third-order valence-corrected chi connectivity index (χ3v) is 3.99. The second kappa shape index (κ2) is 5.37. The molecule has 3 aromatic rings. The van der Waals surface area contributed by atoms with Crippen LogP contribution in [0.25, 0.3) is 11.1 Å². The molecule has 0 saturated heterocycles. The molecule has 4 heteroatoms. The maximum Gasteiger partial charge on any atom is 0.295 e. The van der Waals surface area contributed by atoms with Crippen LogP contribution in [0.2, 0.25) is 0 Å². The Morgan fingerprint density at radius 2 is 2.14 bits per heavy atom. The van der Waals surface area contributed by atoms with E-state index in [0.29, 0.717) is 24.6 Å². The van der Waals surface area contributed by atoms with Crippen LogP contribution in [0.1, 0.15) is 24.8 Å². The van der Waals surface area contributed by atoms with E-state index in [-0.39, 0.29) is 0 Å². The van der Waals surface area contributed by atoms with E-state index in [9.17, 15) is 0 Å². The first-order valence-electron chi connectivity index (χ1n) is 7.68. The molecule has 0 bridgehead atoms. The van der Waals surface area contributed by atoms with Gasteiger partial charge in [0, 0.05) is 12.0 Å². The molecule has 2 atom stereocenters. The van der Waals surface area contributed by atoms with Gasteiger partial charge in [0.05, 0.1) is 6.61 Å². The topological polar surface area (TPSA) is 47.3 Å². The number of aromatic nitrogens is 1. The van der Waals surface area contributed by atoms with E-state index in [4.69, 9.17) is 9.15 Å². The molecule has 1 aliphatic rings. The zero-order valence-corrected chi connectivity index (χ0v) is 12.5. The summed E-state index contributed by atoms with van der Waals surface area (Å²) in [6.45, 7) is 2.69. The minimum absolute atomic E-state index is 0.380. The van der Waals surface area contributed by atoms with E-state index in [1.165, 1.54) is 5.56 Å². The minimum Gasteiger partial charge on any atom is -0.494 e. The molecule has 112 valence electrons. The van der Waals surface area contributed by atoms with Gasteiger partial charge in [-0.2, -0.15) is 4.98 Å². The Labute approximate surface area is 129 Å². The van der Waals surface area contributed by atoms with Crippen LogP contribution in [0, 0.1) is 0 Å². The second-order valence-electron chi connectivity index (χ2n) is 5.59. The Morgan fingerprint density at radius 1 is 1.23 bits per heavy atom. The van der Waals surface area contributed by atoms with Crippen LogP contribution in [0.5, 0.6) is 5.75 Å². The van der Waals surface area contributed by atoms with Gasteiger partial charge in [0.1, 0.15) is 11.3 Å². The molecule has 1 heterocycles. The van der Waals surface area contributed by atoms with Crippen molar-refractivity contribution in [1.82, 2.24) is 4.98 Å². The number of hydrogen-bond acceptors (Lipinski definition) is 4. The number of oxazole rings is 1. The number of para-hydroxylation sites is 2. The number of fused-ring (bicyclic) bond motifs is 1. The predicted octanol–water partition coefficient (Wildman–Crippen LogP) is 4.19. The van der Waals surface area contributed by atoms with Crippen molar-refractivity contribution in [2.75, 3.05) is 11.9 Å². The molecule has 1 fully saturated rings. The van der Waals surface area contributed by atoms with Gasteiger partial charge in [-0.1, -0.05) is 24.3 Å². The van der Waals surface area contributed by atoms with Gasteiger partial charge in [0.2, 0.25) is 0 Å². The summed E-state index contributed by atoms with van der Waals surface area (Å²) in [5.74, 6) is 1.43. The van der Waals surface area contributed by atoms with Crippen molar-refractivity contribution in [3.63, 3.8) is 0 Å². The summed E-state index contributed by atoms with van der Waals surface area (Å²) < 4.78 is 11.3. The normalized spacial score (nSPS) is 20.0. The average Bonchev–Trinajstić information content (AvgIpc) is 3.17. The van der Waals surface area contributed by atoms with Gasteiger partial charge in [-0.15, -0.1) is 0 Å². The molecular weight excluding hydrogens is 276 g/mol. The van der Waals surface area contributed by atoms with E-state index >= 15 is 0 Å². The molecule has 1 aromatic heterocycles. The number of nitrogens with zero attached hydrogens (tertiary/aromatic N) is 1. The van der Waals surface area contributed by atoms with Crippen LogP contribution in [0.4, 0.5) is 6.01 Å². The van der Waals surface area contributed by atoms with Crippen molar-refractivity contribution >= 4 is 17.1 Å². The lowest BCUT2D eigenvalue weighted by atomic mass is 10.1. The van der Waals surface area contributed by atoms with E-state index in [1.807, 2.05) is 37.3 Å². The molecule has 4 nitrogen and oxygen atoms in total. The quantitative estimate of drug-likeness (QED) is 0.766. The highest BCUT2D eigenvalue weighted by atomic mass is 16.5. The summed E-state index contributed by atoms with van der Waals surface area (Å²) in [5, 5.41) is 3.39. The van der Waals surface area contributed by atoms with Gasteiger partial charge in [-0.05, 0) is 43.2 Å². The van der Waals surface area contributed by atoms with E-state index < -0.39 is 0 Å². The Hall–Kier alpha value is -2.49. The summed E-state index contributed by atoms with van der Waals surface area (Å²) in [6, 6.07) is 17.1. The number of ether oxygens (including phenoxy) is 1. The third-order valence-electron chi connectivity index (χ3n) is 3.99. The van der Waals surface area contributed by atoms with Gasteiger partial charge >= 0.3 is 0 Å². The first-order chi connectivity index (χ1) is 10.8. The highest BCUT2D eigenvalue weighted by molar-refractivity contribution is 5.74. The molecule has 0 radical (unpaired) electrons. The third kappa shape index (κ3) is 2.52. The van der Waals surface area contributed by atoms with E-state index in [2.05, 4.69) is 28.5 Å². The molecule has 1 saturated carbocycles. The lowest BCUT2D eigenvalue weighted by Gasteiger charge is -2.06. The van der Waals surface area contributed by atoms with Crippen molar-refractivity contribution in [3.05, 3.63) is 54.1 Å². The fourth-order valence-corrected chi connectivity index (χ4v) is 2.82. The fourth-order valence-electron chi connectivity index (χ4n) is 2.82. The number of nitrogens with one attached hydrogen (secondary N) is 1. The Balaban J connectivity index is 1.46. The van der Waals surface area contributed by atoms with Crippen molar-refractivity contribution in [3.8, 4) is 5.75 Å². The summed E-state index contributed by atoms with van der Waals surface area (Å²) in [7, 11) is 0. The van der Waals surface area contributed by atoms with Crippen molar-refractivity contribution in [2.45, 2.75) is 25.3 Å².